The molecule has 0 aliphatic rings. The molecule has 0 bridgehead atoms. The fourth-order valence-electron chi connectivity index (χ4n) is 1.65. The van der Waals surface area contributed by atoms with Crippen LogP contribution < -0.4 is 0 Å². The predicted octanol–water partition coefficient (Wildman–Crippen LogP) is 4.46. The van der Waals surface area contributed by atoms with Crippen molar-refractivity contribution in [3.63, 3.8) is 0 Å². The number of rotatable bonds is 13. The largest absolute Gasteiger partial charge is 0.334 e. The Bertz CT molecular complexity index is 363. The molecule has 0 aliphatic carbocycles. The third kappa shape index (κ3) is 9.62. The molecule has 126 valence electrons. The van der Waals surface area contributed by atoms with E-state index < -0.39 is 15.2 Å². The molecule has 0 rings (SSSR count). The second kappa shape index (κ2) is 11.6. The van der Waals surface area contributed by atoms with Crippen molar-refractivity contribution in [2.24, 2.45) is 0 Å². The smallest absolute Gasteiger partial charge is 0.309 e. The Morgan fingerprint density at radius 3 is 1.57 bits per heavy atom. The second-order valence-corrected chi connectivity index (χ2v) is 8.35. The van der Waals surface area contributed by atoms with Gasteiger partial charge >= 0.3 is 15.2 Å². The van der Waals surface area contributed by atoms with Crippen LogP contribution in [0.25, 0.3) is 0 Å². The first-order valence-corrected chi connectivity index (χ1v) is 10.8. The van der Waals surface area contributed by atoms with Gasteiger partial charge in [0.25, 0.3) is 0 Å². The zero-order valence-electron chi connectivity index (χ0n) is 13.4. The summed E-state index contributed by atoms with van der Waals surface area (Å²) in [7, 11) is -6.05. The van der Waals surface area contributed by atoms with Gasteiger partial charge in [-0.3, -0.25) is 9.13 Å². The molecule has 6 nitrogen and oxygen atoms in total. The average molecular weight is 342 g/mol. The van der Waals surface area contributed by atoms with Crippen molar-refractivity contribution in [2.75, 3.05) is 38.8 Å². The van der Waals surface area contributed by atoms with E-state index in [4.69, 9.17) is 18.1 Å². The second-order valence-electron chi connectivity index (χ2n) is 4.06. The van der Waals surface area contributed by atoms with Gasteiger partial charge in [0.2, 0.25) is 0 Å². The molecule has 0 unspecified atom stereocenters. The average Bonchev–Trinajstić information content (AvgIpc) is 2.39. The maximum atomic E-state index is 12.2. The molecule has 0 heterocycles. The van der Waals surface area contributed by atoms with Crippen molar-refractivity contribution in [3.8, 4) is 0 Å². The van der Waals surface area contributed by atoms with Gasteiger partial charge < -0.3 is 18.1 Å². The van der Waals surface area contributed by atoms with Crippen LogP contribution in [0.2, 0.25) is 0 Å². The van der Waals surface area contributed by atoms with Crippen molar-refractivity contribution < 1.29 is 27.2 Å². The summed E-state index contributed by atoms with van der Waals surface area (Å²) in [6, 6.07) is 0. The summed E-state index contributed by atoms with van der Waals surface area (Å²) in [6.07, 6.45) is 4.57. The van der Waals surface area contributed by atoms with Crippen LogP contribution in [0.5, 0.6) is 0 Å². The maximum Gasteiger partial charge on any atom is 0.334 e. The standard InChI is InChI=1S/C13H28O6P2/c1-5-16-20(14,17-6-2)12-10-9-11-13-21(15,18-7-3)19-8-4/h9-10H,5-8,11-13H2,1-4H3/b10-9+. The number of hydrogen-bond acceptors (Lipinski definition) is 6. The molecule has 0 saturated heterocycles. The van der Waals surface area contributed by atoms with Gasteiger partial charge in [-0.2, -0.15) is 0 Å². The minimum Gasteiger partial charge on any atom is -0.309 e. The summed E-state index contributed by atoms with van der Waals surface area (Å²) in [4.78, 5) is 0. The van der Waals surface area contributed by atoms with Crippen LogP contribution in [0.1, 0.15) is 34.1 Å². The van der Waals surface area contributed by atoms with E-state index in [1.165, 1.54) is 0 Å². The van der Waals surface area contributed by atoms with E-state index in [1.807, 2.05) is 0 Å². The molecular formula is C13H28O6P2. The molecule has 0 radical (unpaired) electrons. The van der Waals surface area contributed by atoms with E-state index in [9.17, 15) is 9.13 Å². The lowest BCUT2D eigenvalue weighted by Gasteiger charge is -2.16. The van der Waals surface area contributed by atoms with Gasteiger partial charge in [0, 0.05) is 0 Å². The Morgan fingerprint density at radius 2 is 1.14 bits per heavy atom. The minimum atomic E-state index is -3.04. The predicted molar refractivity (Wildman–Crippen MR) is 85.2 cm³/mol. The van der Waals surface area contributed by atoms with Gasteiger partial charge in [-0.15, -0.1) is 0 Å². The van der Waals surface area contributed by atoms with Crippen molar-refractivity contribution >= 4 is 15.2 Å². The van der Waals surface area contributed by atoms with Gasteiger partial charge in [0.05, 0.1) is 38.8 Å². The molecule has 0 aromatic rings. The number of allylic oxidation sites excluding steroid dienone is 2. The van der Waals surface area contributed by atoms with Crippen LogP contribution in [0.3, 0.4) is 0 Å². The molecular weight excluding hydrogens is 314 g/mol. The van der Waals surface area contributed by atoms with Gasteiger partial charge in [0.1, 0.15) is 0 Å². The molecule has 0 amide bonds. The quantitative estimate of drug-likeness (QED) is 0.363. The Labute approximate surface area is 128 Å². The van der Waals surface area contributed by atoms with Gasteiger partial charge in [-0.1, -0.05) is 12.2 Å². The van der Waals surface area contributed by atoms with Crippen LogP contribution in [-0.2, 0) is 27.2 Å². The highest BCUT2D eigenvalue weighted by Gasteiger charge is 2.23. The zero-order valence-corrected chi connectivity index (χ0v) is 15.2. The maximum absolute atomic E-state index is 12.2. The van der Waals surface area contributed by atoms with Crippen molar-refractivity contribution in [2.45, 2.75) is 34.1 Å². The highest BCUT2D eigenvalue weighted by atomic mass is 31.2. The lowest BCUT2D eigenvalue weighted by atomic mass is 10.4. The van der Waals surface area contributed by atoms with Crippen molar-refractivity contribution in [1.29, 1.82) is 0 Å². The first-order valence-electron chi connectivity index (χ1n) is 7.36. The highest BCUT2D eigenvalue weighted by Crippen LogP contribution is 2.49. The lowest BCUT2D eigenvalue weighted by molar-refractivity contribution is 0.220. The van der Waals surface area contributed by atoms with E-state index in [1.54, 1.807) is 39.8 Å². The molecule has 0 aromatic carbocycles. The fourth-order valence-corrected chi connectivity index (χ4v) is 4.71. The molecule has 0 fully saturated rings. The zero-order chi connectivity index (χ0) is 16.2. The molecule has 0 atom stereocenters. The Balaban J connectivity index is 4.31. The van der Waals surface area contributed by atoms with Crippen molar-refractivity contribution in [3.05, 3.63) is 12.2 Å². The SMILES string of the molecule is CCOP(=O)(C/C=C/CCP(=O)(OCC)OCC)OCC. The number of hydrogen-bond donors (Lipinski definition) is 0. The summed E-state index contributed by atoms with van der Waals surface area (Å²) in [5.41, 5.74) is 0. The monoisotopic (exact) mass is 342 g/mol. The van der Waals surface area contributed by atoms with Crippen LogP contribution in [-0.4, -0.2) is 38.8 Å². The topological polar surface area (TPSA) is 71.1 Å². The van der Waals surface area contributed by atoms with Crippen molar-refractivity contribution in [1.82, 2.24) is 0 Å². The molecule has 0 aliphatic heterocycles. The summed E-state index contributed by atoms with van der Waals surface area (Å²) < 4.78 is 45.1. The summed E-state index contributed by atoms with van der Waals surface area (Å²) >= 11 is 0. The Morgan fingerprint density at radius 1 is 0.714 bits per heavy atom. The van der Waals surface area contributed by atoms with Crippen LogP contribution in [0.4, 0.5) is 0 Å². The van der Waals surface area contributed by atoms with Crippen LogP contribution in [0.15, 0.2) is 12.2 Å². The van der Waals surface area contributed by atoms with Crippen LogP contribution in [0, 0.1) is 0 Å². The van der Waals surface area contributed by atoms with E-state index in [0.29, 0.717) is 39.0 Å². The minimum absolute atomic E-state index is 0.211. The molecule has 8 heteroatoms. The van der Waals surface area contributed by atoms with Gasteiger partial charge in [0.15, 0.2) is 0 Å². The molecule has 0 saturated carbocycles. The molecule has 0 aromatic heterocycles. The molecule has 0 spiro atoms. The normalized spacial score (nSPS) is 13.1. The van der Waals surface area contributed by atoms with Gasteiger partial charge in [-0.05, 0) is 34.1 Å². The van der Waals surface area contributed by atoms with Crippen LogP contribution >= 0.6 is 15.2 Å². The molecule has 21 heavy (non-hydrogen) atoms. The summed E-state index contributed by atoms with van der Waals surface area (Å²) in [6.45, 7) is 8.50. The van der Waals surface area contributed by atoms with E-state index in [-0.39, 0.29) is 6.16 Å². The summed E-state index contributed by atoms with van der Waals surface area (Å²) in [5, 5.41) is 0. The van der Waals surface area contributed by atoms with E-state index in [0.717, 1.165) is 0 Å². The first kappa shape index (κ1) is 21.0. The van der Waals surface area contributed by atoms with E-state index >= 15 is 0 Å². The first-order chi connectivity index (χ1) is 9.95. The Kier molecular flexibility index (Phi) is 11.6. The third-order valence-corrected chi connectivity index (χ3v) is 6.44. The molecule has 0 N–H and O–H groups in total. The van der Waals surface area contributed by atoms with Gasteiger partial charge in [-0.25, -0.2) is 0 Å². The summed E-state index contributed by atoms with van der Waals surface area (Å²) in [5.74, 6) is 0. The highest BCUT2D eigenvalue weighted by molar-refractivity contribution is 7.54. The third-order valence-electron chi connectivity index (χ3n) is 2.37. The van der Waals surface area contributed by atoms with E-state index in [2.05, 4.69) is 0 Å². The fraction of sp³-hybridized carbons (Fsp3) is 0.846. The lowest BCUT2D eigenvalue weighted by Crippen LogP contribution is -2.00. The Hall–Kier alpha value is 0.0400.